The largest absolute Gasteiger partial charge is 0.454 e. The Morgan fingerprint density at radius 1 is 1.29 bits per heavy atom. The third kappa shape index (κ3) is 3.02. The lowest BCUT2D eigenvalue weighted by molar-refractivity contribution is 0.0995. The fourth-order valence-corrected chi connectivity index (χ4v) is 2.00. The quantitative estimate of drug-likeness (QED) is 0.849. The number of carbonyl (C=O) groups is 1. The van der Waals surface area contributed by atoms with Gasteiger partial charge in [-0.25, -0.2) is 4.98 Å². The van der Waals surface area contributed by atoms with Gasteiger partial charge in [0.15, 0.2) is 11.5 Å². The number of nitrogens with zero attached hydrogens (tertiary/aromatic N) is 2. The molecule has 2 aromatic rings. The number of anilines is 1. The summed E-state index contributed by atoms with van der Waals surface area (Å²) in [6.45, 7) is 0.920. The second kappa shape index (κ2) is 5.66. The summed E-state index contributed by atoms with van der Waals surface area (Å²) in [5, 5.41) is 3.10. The van der Waals surface area contributed by atoms with Crippen molar-refractivity contribution in [3.8, 4) is 11.5 Å². The van der Waals surface area contributed by atoms with Crippen LogP contribution in [0.4, 0.5) is 5.82 Å². The number of hydrogen-bond donors (Lipinski definition) is 2. The lowest BCUT2D eigenvalue weighted by Gasteiger charge is -2.06. The summed E-state index contributed by atoms with van der Waals surface area (Å²) in [5.74, 6) is 1.46. The molecule has 0 radical (unpaired) electrons. The second-order valence-electron chi connectivity index (χ2n) is 4.52. The van der Waals surface area contributed by atoms with E-state index in [2.05, 4.69) is 15.3 Å². The lowest BCUT2D eigenvalue weighted by Crippen LogP contribution is -2.15. The van der Waals surface area contributed by atoms with Gasteiger partial charge in [0.1, 0.15) is 11.5 Å². The third-order valence-corrected chi connectivity index (χ3v) is 3.04. The molecule has 1 aromatic heterocycles. The van der Waals surface area contributed by atoms with E-state index >= 15 is 0 Å². The number of primary amides is 1. The van der Waals surface area contributed by atoms with Gasteiger partial charge >= 0.3 is 0 Å². The number of fused-ring (bicyclic) bond motifs is 1. The highest BCUT2D eigenvalue weighted by Crippen LogP contribution is 2.32. The maximum absolute atomic E-state index is 11.0. The van der Waals surface area contributed by atoms with Crippen molar-refractivity contribution in [2.75, 3.05) is 18.7 Å². The van der Waals surface area contributed by atoms with Crippen molar-refractivity contribution < 1.29 is 14.3 Å². The van der Waals surface area contributed by atoms with E-state index in [9.17, 15) is 4.79 Å². The van der Waals surface area contributed by atoms with E-state index in [0.717, 1.165) is 23.5 Å². The van der Waals surface area contributed by atoms with Crippen molar-refractivity contribution in [1.82, 2.24) is 9.97 Å². The van der Waals surface area contributed by atoms with Gasteiger partial charge in [-0.15, -0.1) is 0 Å². The number of amides is 1. The van der Waals surface area contributed by atoms with Gasteiger partial charge in [0, 0.05) is 6.54 Å². The van der Waals surface area contributed by atoms with E-state index < -0.39 is 5.91 Å². The first-order chi connectivity index (χ1) is 10.2. The summed E-state index contributed by atoms with van der Waals surface area (Å²) >= 11 is 0. The van der Waals surface area contributed by atoms with Crippen LogP contribution in [0.3, 0.4) is 0 Å². The van der Waals surface area contributed by atoms with Gasteiger partial charge in [-0.05, 0) is 24.1 Å². The Bertz CT molecular complexity index is 675. The van der Waals surface area contributed by atoms with Gasteiger partial charge < -0.3 is 20.5 Å². The maximum Gasteiger partial charge on any atom is 0.268 e. The number of carbonyl (C=O) groups excluding carboxylic acids is 1. The SMILES string of the molecule is NC(=O)c1cncc(NCCc2ccc3c(c2)OCO3)n1. The lowest BCUT2D eigenvalue weighted by atomic mass is 10.1. The van der Waals surface area contributed by atoms with E-state index in [4.69, 9.17) is 15.2 Å². The van der Waals surface area contributed by atoms with Crippen molar-refractivity contribution in [1.29, 1.82) is 0 Å². The number of nitrogens with two attached hydrogens (primary N) is 1. The molecule has 108 valence electrons. The molecular formula is C14H14N4O3. The Morgan fingerprint density at radius 3 is 3.00 bits per heavy atom. The minimum atomic E-state index is -0.595. The first kappa shape index (κ1) is 13.2. The number of rotatable bonds is 5. The van der Waals surface area contributed by atoms with Crippen LogP contribution in [0.15, 0.2) is 30.6 Å². The Labute approximate surface area is 121 Å². The Hall–Kier alpha value is -2.83. The van der Waals surface area contributed by atoms with Crippen LogP contribution < -0.4 is 20.5 Å². The normalized spacial score (nSPS) is 12.2. The molecule has 3 rings (SSSR count). The molecule has 21 heavy (non-hydrogen) atoms. The molecule has 7 heteroatoms. The van der Waals surface area contributed by atoms with Crippen LogP contribution in [0, 0.1) is 0 Å². The summed E-state index contributed by atoms with van der Waals surface area (Å²) in [5.41, 5.74) is 6.42. The van der Waals surface area contributed by atoms with E-state index in [-0.39, 0.29) is 12.5 Å². The molecule has 7 nitrogen and oxygen atoms in total. The van der Waals surface area contributed by atoms with Crippen molar-refractivity contribution in [3.63, 3.8) is 0 Å². The molecule has 0 aliphatic carbocycles. The number of nitrogens with one attached hydrogen (secondary N) is 1. The van der Waals surface area contributed by atoms with Gasteiger partial charge in [0.2, 0.25) is 6.79 Å². The first-order valence-electron chi connectivity index (χ1n) is 6.46. The van der Waals surface area contributed by atoms with Gasteiger partial charge in [-0.1, -0.05) is 6.07 Å². The molecule has 0 atom stereocenters. The van der Waals surface area contributed by atoms with E-state index in [1.165, 1.54) is 6.20 Å². The average Bonchev–Trinajstić information content (AvgIpc) is 2.95. The highest BCUT2D eigenvalue weighted by Gasteiger charge is 2.12. The third-order valence-electron chi connectivity index (χ3n) is 3.04. The van der Waals surface area contributed by atoms with Crippen LogP contribution in [0.2, 0.25) is 0 Å². The molecule has 2 heterocycles. The molecule has 1 aromatic carbocycles. The molecular weight excluding hydrogens is 272 g/mol. The highest BCUT2D eigenvalue weighted by molar-refractivity contribution is 5.90. The predicted octanol–water partition coefficient (Wildman–Crippen LogP) is 0.959. The molecule has 1 amide bonds. The smallest absolute Gasteiger partial charge is 0.268 e. The topological polar surface area (TPSA) is 99.4 Å². The van der Waals surface area contributed by atoms with Crippen molar-refractivity contribution in [3.05, 3.63) is 41.9 Å². The summed E-state index contributed by atoms with van der Waals surface area (Å²) in [4.78, 5) is 19.0. The van der Waals surface area contributed by atoms with Gasteiger partial charge in [-0.2, -0.15) is 0 Å². The average molecular weight is 286 g/mol. The van der Waals surface area contributed by atoms with Crippen LogP contribution in [-0.4, -0.2) is 29.2 Å². The number of benzene rings is 1. The molecule has 0 fully saturated rings. The monoisotopic (exact) mass is 286 g/mol. The standard InChI is InChI=1S/C14H14N4O3/c15-14(19)10-6-16-7-13(18-10)17-4-3-9-1-2-11-12(5-9)21-8-20-11/h1-2,5-7H,3-4,8H2,(H2,15,19)(H,17,18). The zero-order valence-electron chi connectivity index (χ0n) is 11.2. The molecule has 0 spiro atoms. The van der Waals surface area contributed by atoms with Crippen molar-refractivity contribution in [2.45, 2.75) is 6.42 Å². The fraction of sp³-hybridized carbons (Fsp3) is 0.214. The minimum absolute atomic E-state index is 0.142. The summed E-state index contributed by atoms with van der Waals surface area (Å²) in [6, 6.07) is 5.83. The minimum Gasteiger partial charge on any atom is -0.454 e. The van der Waals surface area contributed by atoms with E-state index in [0.29, 0.717) is 12.4 Å². The Morgan fingerprint density at radius 2 is 2.14 bits per heavy atom. The van der Waals surface area contributed by atoms with Crippen LogP contribution in [0.25, 0.3) is 0 Å². The highest BCUT2D eigenvalue weighted by atomic mass is 16.7. The van der Waals surface area contributed by atoms with Gasteiger partial charge in [-0.3, -0.25) is 9.78 Å². The van der Waals surface area contributed by atoms with Crippen LogP contribution in [0.1, 0.15) is 16.1 Å². The van der Waals surface area contributed by atoms with Gasteiger partial charge in [0.05, 0.1) is 12.4 Å². The molecule has 1 aliphatic heterocycles. The predicted molar refractivity (Wildman–Crippen MR) is 75.3 cm³/mol. The molecule has 0 unspecified atom stereocenters. The Balaban J connectivity index is 1.59. The summed E-state index contributed by atoms with van der Waals surface area (Å²) < 4.78 is 10.6. The molecule has 0 bridgehead atoms. The number of aromatic nitrogens is 2. The fourth-order valence-electron chi connectivity index (χ4n) is 2.00. The summed E-state index contributed by atoms with van der Waals surface area (Å²) in [6.07, 6.45) is 3.66. The van der Waals surface area contributed by atoms with Crippen LogP contribution >= 0.6 is 0 Å². The molecule has 3 N–H and O–H groups in total. The molecule has 0 saturated heterocycles. The van der Waals surface area contributed by atoms with Gasteiger partial charge in [0.25, 0.3) is 5.91 Å². The van der Waals surface area contributed by atoms with Crippen LogP contribution in [0.5, 0.6) is 11.5 Å². The van der Waals surface area contributed by atoms with E-state index in [1.54, 1.807) is 6.20 Å². The van der Waals surface area contributed by atoms with E-state index in [1.807, 2.05) is 18.2 Å². The zero-order valence-corrected chi connectivity index (χ0v) is 11.2. The summed E-state index contributed by atoms with van der Waals surface area (Å²) in [7, 11) is 0. The number of ether oxygens (including phenoxy) is 2. The zero-order chi connectivity index (χ0) is 14.7. The van der Waals surface area contributed by atoms with Crippen molar-refractivity contribution in [2.24, 2.45) is 5.73 Å². The van der Waals surface area contributed by atoms with Crippen molar-refractivity contribution >= 4 is 11.7 Å². The first-order valence-corrected chi connectivity index (χ1v) is 6.46. The van der Waals surface area contributed by atoms with Crippen LogP contribution in [-0.2, 0) is 6.42 Å². The maximum atomic E-state index is 11.0. The number of hydrogen-bond acceptors (Lipinski definition) is 6. The molecule has 0 saturated carbocycles. The second-order valence-corrected chi connectivity index (χ2v) is 4.52. The Kier molecular flexibility index (Phi) is 3.55. The molecule has 1 aliphatic rings.